The van der Waals surface area contributed by atoms with Gasteiger partial charge in [0.2, 0.25) is 0 Å². The van der Waals surface area contributed by atoms with Crippen LogP contribution in [0.2, 0.25) is 10.0 Å². The van der Waals surface area contributed by atoms with Crippen molar-refractivity contribution < 1.29 is 9.53 Å². The van der Waals surface area contributed by atoms with Gasteiger partial charge < -0.3 is 4.74 Å². The van der Waals surface area contributed by atoms with Gasteiger partial charge in [0.25, 0.3) is 0 Å². The predicted molar refractivity (Wildman–Crippen MR) is 69.5 cm³/mol. The quantitative estimate of drug-likeness (QED) is 0.468. The molecule has 0 radical (unpaired) electrons. The molecule has 0 heterocycles. The lowest BCUT2D eigenvalue weighted by Crippen LogP contribution is -2.18. The van der Waals surface area contributed by atoms with E-state index < -0.39 is 11.3 Å². The molecule has 0 aliphatic rings. The zero-order valence-electron chi connectivity index (χ0n) is 8.27. The molecule has 2 nitrogen and oxygen atoms in total. The van der Waals surface area contributed by atoms with E-state index in [1.807, 2.05) is 0 Å². The maximum Gasteiger partial charge on any atom is 0.324 e. The summed E-state index contributed by atoms with van der Waals surface area (Å²) < 4.78 is 5.22. The molecule has 0 aliphatic heterocycles. The van der Waals surface area contributed by atoms with Gasteiger partial charge in [-0.3, -0.25) is 4.79 Å². The molecule has 1 aromatic rings. The number of halogens is 4. The van der Waals surface area contributed by atoms with E-state index in [9.17, 15) is 4.79 Å². The predicted octanol–water partition coefficient (Wildman–Crippen LogP) is 4.08. The summed E-state index contributed by atoms with van der Waals surface area (Å²) in [6, 6.07) is 3.51. The SMILES string of the molecule is COC(=O)C(Cl)Cc1ccc(Br)c(Cl)c1Cl. The van der Waals surface area contributed by atoms with Crippen LogP contribution < -0.4 is 0 Å². The molecule has 6 heteroatoms. The third kappa shape index (κ3) is 3.27. The van der Waals surface area contributed by atoms with Gasteiger partial charge in [-0.2, -0.15) is 0 Å². The number of benzene rings is 1. The minimum atomic E-state index is -0.764. The topological polar surface area (TPSA) is 26.3 Å². The van der Waals surface area contributed by atoms with Gasteiger partial charge in [0.1, 0.15) is 5.38 Å². The zero-order valence-corrected chi connectivity index (χ0v) is 12.1. The van der Waals surface area contributed by atoms with Gasteiger partial charge in [0.05, 0.1) is 17.2 Å². The number of carbonyl (C=O) groups excluding carboxylic acids is 1. The van der Waals surface area contributed by atoms with Crippen LogP contribution in [0, 0.1) is 0 Å². The molecule has 1 atom stereocenters. The fourth-order valence-corrected chi connectivity index (χ4v) is 2.25. The molecule has 0 saturated carbocycles. The highest BCUT2D eigenvalue weighted by atomic mass is 79.9. The van der Waals surface area contributed by atoms with E-state index in [1.165, 1.54) is 7.11 Å². The minimum absolute atomic E-state index is 0.278. The van der Waals surface area contributed by atoms with E-state index >= 15 is 0 Å². The van der Waals surface area contributed by atoms with Crippen molar-refractivity contribution in [3.05, 3.63) is 32.2 Å². The van der Waals surface area contributed by atoms with Crippen molar-refractivity contribution >= 4 is 56.7 Å². The van der Waals surface area contributed by atoms with Crippen LogP contribution in [0.15, 0.2) is 16.6 Å². The molecule has 0 aliphatic carbocycles. The Morgan fingerprint density at radius 3 is 2.62 bits per heavy atom. The summed E-state index contributed by atoms with van der Waals surface area (Å²) in [5.74, 6) is -0.489. The third-order valence-corrected chi connectivity index (χ3v) is 4.11. The fraction of sp³-hybridized carbons (Fsp3) is 0.300. The highest BCUT2D eigenvalue weighted by molar-refractivity contribution is 9.10. The molecule has 0 N–H and O–H groups in total. The summed E-state index contributed by atoms with van der Waals surface area (Å²) in [6.45, 7) is 0. The van der Waals surface area contributed by atoms with Gasteiger partial charge in [0, 0.05) is 10.9 Å². The Hall–Kier alpha value is 0.0400. The molecule has 0 spiro atoms. The van der Waals surface area contributed by atoms with Crippen LogP contribution in [0.5, 0.6) is 0 Å². The number of hydrogen-bond donors (Lipinski definition) is 0. The van der Waals surface area contributed by atoms with Crippen LogP contribution in [0.25, 0.3) is 0 Å². The largest absolute Gasteiger partial charge is 0.468 e. The summed E-state index contributed by atoms with van der Waals surface area (Å²) in [4.78, 5) is 11.1. The van der Waals surface area contributed by atoms with Gasteiger partial charge in [-0.1, -0.05) is 29.3 Å². The molecule has 0 fully saturated rings. The number of alkyl halides is 1. The van der Waals surface area contributed by atoms with E-state index in [-0.39, 0.29) is 6.42 Å². The molecule has 88 valence electrons. The Morgan fingerprint density at radius 1 is 1.44 bits per heavy atom. The summed E-state index contributed by atoms with van der Waals surface area (Å²) in [7, 11) is 1.29. The normalized spacial score (nSPS) is 12.3. The van der Waals surface area contributed by atoms with Crippen molar-refractivity contribution in [2.24, 2.45) is 0 Å². The molecular weight excluding hydrogens is 338 g/mol. The molecule has 0 amide bonds. The van der Waals surface area contributed by atoms with Crippen LogP contribution >= 0.6 is 50.7 Å². The van der Waals surface area contributed by atoms with Crippen molar-refractivity contribution in [2.75, 3.05) is 7.11 Å². The maximum atomic E-state index is 11.1. The van der Waals surface area contributed by atoms with Crippen LogP contribution in [0.1, 0.15) is 5.56 Å². The van der Waals surface area contributed by atoms with Crippen molar-refractivity contribution in [2.45, 2.75) is 11.8 Å². The highest BCUT2D eigenvalue weighted by Gasteiger charge is 2.19. The van der Waals surface area contributed by atoms with Crippen LogP contribution in [0.3, 0.4) is 0 Å². The van der Waals surface area contributed by atoms with Gasteiger partial charge >= 0.3 is 5.97 Å². The third-order valence-electron chi connectivity index (χ3n) is 1.97. The van der Waals surface area contributed by atoms with Gasteiger partial charge in [-0.15, -0.1) is 11.6 Å². The van der Waals surface area contributed by atoms with Crippen LogP contribution in [-0.4, -0.2) is 18.5 Å². The number of methoxy groups -OCH3 is 1. The Bertz CT molecular complexity index is 409. The first-order valence-corrected chi connectivity index (χ1v) is 6.30. The Labute approximate surface area is 117 Å². The van der Waals surface area contributed by atoms with E-state index in [0.29, 0.717) is 20.1 Å². The molecule has 1 unspecified atom stereocenters. The maximum absolute atomic E-state index is 11.1. The summed E-state index contributed by atoms with van der Waals surface area (Å²) >= 11 is 21.0. The molecular formula is C10H8BrCl3O2. The lowest BCUT2D eigenvalue weighted by molar-refractivity contribution is -0.140. The van der Waals surface area contributed by atoms with E-state index in [2.05, 4.69) is 20.7 Å². The van der Waals surface area contributed by atoms with E-state index in [0.717, 1.165) is 0 Å². The van der Waals surface area contributed by atoms with Gasteiger partial charge in [-0.25, -0.2) is 0 Å². The van der Waals surface area contributed by atoms with Gasteiger partial charge in [-0.05, 0) is 27.6 Å². The molecule has 1 aromatic carbocycles. The number of ether oxygens (including phenoxy) is 1. The second-order valence-electron chi connectivity index (χ2n) is 3.03. The summed E-state index contributed by atoms with van der Waals surface area (Å²) in [5, 5.41) is 0.0400. The number of rotatable bonds is 3. The number of hydrogen-bond acceptors (Lipinski definition) is 2. The summed E-state index contributed by atoms with van der Waals surface area (Å²) in [6.07, 6.45) is 0.278. The van der Waals surface area contributed by atoms with Crippen LogP contribution in [0.4, 0.5) is 0 Å². The Kier molecular flexibility index (Phi) is 5.38. The highest BCUT2D eigenvalue weighted by Crippen LogP contribution is 2.33. The molecule has 0 bridgehead atoms. The second-order valence-corrected chi connectivity index (χ2v) is 5.17. The monoisotopic (exact) mass is 344 g/mol. The smallest absolute Gasteiger partial charge is 0.324 e. The number of carbonyl (C=O) groups is 1. The van der Waals surface area contributed by atoms with Crippen molar-refractivity contribution in [1.29, 1.82) is 0 Å². The molecule has 0 aromatic heterocycles. The first-order chi connectivity index (χ1) is 7.47. The fourth-order valence-electron chi connectivity index (χ4n) is 1.13. The molecule has 16 heavy (non-hydrogen) atoms. The standard InChI is InChI=1S/C10H8BrCl3O2/c1-16-10(15)7(12)4-5-2-3-6(11)9(14)8(5)13/h2-3,7H,4H2,1H3. The Balaban J connectivity index is 2.90. The zero-order chi connectivity index (χ0) is 12.3. The van der Waals surface area contributed by atoms with E-state index in [1.54, 1.807) is 12.1 Å². The molecule has 0 saturated heterocycles. The van der Waals surface area contributed by atoms with Crippen molar-refractivity contribution in [3.63, 3.8) is 0 Å². The molecule has 1 rings (SSSR count). The average Bonchev–Trinajstić information content (AvgIpc) is 2.28. The Morgan fingerprint density at radius 2 is 2.06 bits per heavy atom. The van der Waals surface area contributed by atoms with Gasteiger partial charge in [0.15, 0.2) is 0 Å². The number of esters is 1. The lowest BCUT2D eigenvalue weighted by Gasteiger charge is -2.10. The average molecular weight is 346 g/mol. The first-order valence-electron chi connectivity index (χ1n) is 4.31. The lowest BCUT2D eigenvalue weighted by atomic mass is 10.1. The second kappa shape index (κ2) is 6.10. The van der Waals surface area contributed by atoms with Crippen molar-refractivity contribution in [1.82, 2.24) is 0 Å². The van der Waals surface area contributed by atoms with Crippen LogP contribution in [-0.2, 0) is 16.0 Å². The van der Waals surface area contributed by atoms with Crippen molar-refractivity contribution in [3.8, 4) is 0 Å². The van der Waals surface area contributed by atoms with E-state index in [4.69, 9.17) is 34.8 Å². The summed E-state index contributed by atoms with van der Waals surface area (Å²) in [5.41, 5.74) is 0.709. The minimum Gasteiger partial charge on any atom is -0.468 e. The first kappa shape index (κ1) is 14.1.